The van der Waals surface area contributed by atoms with Crippen LogP contribution in [-0.4, -0.2) is 23.9 Å². The number of anilines is 1. The van der Waals surface area contributed by atoms with Gasteiger partial charge in [-0.25, -0.2) is 18.2 Å². The Morgan fingerprint density at radius 2 is 1.78 bits per heavy atom. The quantitative estimate of drug-likeness (QED) is 0.303. The van der Waals surface area contributed by atoms with Gasteiger partial charge >= 0.3 is 0 Å². The number of benzene rings is 1. The van der Waals surface area contributed by atoms with Crippen LogP contribution < -0.4 is 5.01 Å². The highest BCUT2D eigenvalue weighted by atomic mass is 19.3. The zero-order valence-electron chi connectivity index (χ0n) is 16.5. The number of allylic oxidation sites excluding steroid dienone is 3. The minimum Gasteiger partial charge on any atom is -0.380 e. The van der Waals surface area contributed by atoms with Gasteiger partial charge in [-0.05, 0) is 68.0 Å². The van der Waals surface area contributed by atoms with Crippen molar-refractivity contribution in [2.24, 2.45) is 5.10 Å². The van der Waals surface area contributed by atoms with Crippen LogP contribution in [0.4, 0.5) is 18.9 Å². The second kappa shape index (κ2) is 10.3. The number of alkyl halides is 2. The smallest absolute Gasteiger partial charge is 0.270 e. The van der Waals surface area contributed by atoms with Gasteiger partial charge in [0.25, 0.3) is 6.43 Å². The topological polar surface area (TPSA) is 35.8 Å². The molecule has 0 heterocycles. The molecule has 3 nitrogen and oxygen atoms in total. The van der Waals surface area contributed by atoms with Crippen LogP contribution in [0.5, 0.6) is 0 Å². The summed E-state index contributed by atoms with van der Waals surface area (Å²) in [5.74, 6) is -0.342. The molecule has 0 aliphatic heterocycles. The third-order valence-electron chi connectivity index (χ3n) is 4.69. The van der Waals surface area contributed by atoms with E-state index in [0.29, 0.717) is 36.9 Å². The molecule has 0 aromatic heterocycles. The molecule has 150 valence electrons. The van der Waals surface area contributed by atoms with Crippen molar-refractivity contribution in [3.05, 3.63) is 53.0 Å². The van der Waals surface area contributed by atoms with Crippen molar-refractivity contribution >= 4 is 12.4 Å². The van der Waals surface area contributed by atoms with Crippen molar-refractivity contribution in [2.75, 3.05) is 5.01 Å². The molecule has 1 aromatic rings. The molecule has 0 saturated carbocycles. The van der Waals surface area contributed by atoms with Crippen LogP contribution in [0.15, 0.2) is 52.3 Å². The number of aliphatic hydroxyl groups is 1. The van der Waals surface area contributed by atoms with E-state index < -0.39 is 12.0 Å². The molecule has 1 aromatic carbocycles. The third kappa shape index (κ3) is 5.70. The van der Waals surface area contributed by atoms with E-state index in [4.69, 9.17) is 0 Å². The summed E-state index contributed by atoms with van der Waals surface area (Å²) < 4.78 is 39.5. The SMILES string of the molecule is C=NN(/C(CC)=C(\CC)C/C=C(\CC)C(C)(O)C(F)F)c1ccc(F)cc1. The molecule has 0 radical (unpaired) electrons. The van der Waals surface area contributed by atoms with Crippen LogP contribution >= 0.6 is 0 Å². The zero-order chi connectivity index (χ0) is 20.6. The summed E-state index contributed by atoms with van der Waals surface area (Å²) in [7, 11) is 0. The standard InChI is InChI=1S/C21H29F3N2O/c1-6-15(9-10-16(7-2)21(4,27)20(23)24)19(8-3)26(25-5)18-13-11-17(22)12-14-18/h10-14,20,27H,5-9H2,1-4H3/b16-10+,19-15+. The Balaban J connectivity index is 3.29. The van der Waals surface area contributed by atoms with Crippen molar-refractivity contribution in [1.82, 2.24) is 0 Å². The van der Waals surface area contributed by atoms with E-state index in [1.165, 1.54) is 12.1 Å². The maximum atomic E-state index is 13.2. The van der Waals surface area contributed by atoms with Gasteiger partial charge in [-0.15, -0.1) is 0 Å². The largest absolute Gasteiger partial charge is 0.380 e. The molecule has 0 aliphatic rings. The van der Waals surface area contributed by atoms with E-state index in [0.717, 1.165) is 18.2 Å². The molecule has 1 unspecified atom stereocenters. The fourth-order valence-electron chi connectivity index (χ4n) is 3.02. The van der Waals surface area contributed by atoms with Crippen LogP contribution in [-0.2, 0) is 0 Å². The lowest BCUT2D eigenvalue weighted by molar-refractivity contribution is -0.0584. The van der Waals surface area contributed by atoms with Crippen molar-refractivity contribution < 1.29 is 18.3 Å². The normalized spacial score (nSPS) is 15.4. The molecule has 0 bridgehead atoms. The van der Waals surface area contributed by atoms with E-state index in [-0.39, 0.29) is 5.82 Å². The summed E-state index contributed by atoms with van der Waals surface area (Å²) in [6.45, 7) is 10.4. The van der Waals surface area contributed by atoms with Crippen LogP contribution in [0.25, 0.3) is 0 Å². The number of rotatable bonds is 10. The fraction of sp³-hybridized carbons (Fsp3) is 0.476. The molecule has 1 N–H and O–H groups in total. The van der Waals surface area contributed by atoms with Gasteiger partial charge < -0.3 is 5.11 Å². The van der Waals surface area contributed by atoms with Crippen LogP contribution in [0, 0.1) is 5.82 Å². The summed E-state index contributed by atoms with van der Waals surface area (Å²) in [5, 5.41) is 15.8. The average molecular weight is 382 g/mol. The summed E-state index contributed by atoms with van der Waals surface area (Å²) in [6.07, 6.45) is 0.887. The van der Waals surface area contributed by atoms with Crippen molar-refractivity contribution in [3.8, 4) is 0 Å². The molecule has 27 heavy (non-hydrogen) atoms. The predicted molar refractivity (Wildman–Crippen MR) is 106 cm³/mol. The Bertz CT molecular complexity index is 679. The van der Waals surface area contributed by atoms with Gasteiger partial charge in [0.15, 0.2) is 0 Å². The van der Waals surface area contributed by atoms with Crippen molar-refractivity contribution in [2.45, 2.75) is 65.4 Å². The van der Waals surface area contributed by atoms with Crippen molar-refractivity contribution in [3.63, 3.8) is 0 Å². The molecule has 0 saturated heterocycles. The number of hydrogen-bond acceptors (Lipinski definition) is 3. The van der Waals surface area contributed by atoms with Crippen LogP contribution in [0.1, 0.15) is 53.4 Å². The molecule has 0 fully saturated rings. The van der Waals surface area contributed by atoms with E-state index in [9.17, 15) is 18.3 Å². The Labute approximate surface area is 159 Å². The van der Waals surface area contributed by atoms with Crippen LogP contribution in [0.3, 0.4) is 0 Å². The third-order valence-corrected chi connectivity index (χ3v) is 4.69. The Morgan fingerprint density at radius 1 is 1.19 bits per heavy atom. The second-order valence-electron chi connectivity index (χ2n) is 6.42. The molecule has 6 heteroatoms. The van der Waals surface area contributed by atoms with Gasteiger partial charge in [0, 0.05) is 12.4 Å². The minimum atomic E-state index is -2.85. The minimum absolute atomic E-state index is 0.304. The lowest BCUT2D eigenvalue weighted by atomic mass is 9.91. The highest BCUT2D eigenvalue weighted by Gasteiger charge is 2.35. The highest BCUT2D eigenvalue weighted by Crippen LogP contribution is 2.30. The first kappa shape index (κ1) is 23.0. The number of hydrazone groups is 1. The van der Waals surface area contributed by atoms with E-state index in [1.54, 1.807) is 30.1 Å². The molecule has 0 spiro atoms. The summed E-state index contributed by atoms with van der Waals surface area (Å²) >= 11 is 0. The number of nitrogens with zero attached hydrogens (tertiary/aromatic N) is 2. The Kier molecular flexibility index (Phi) is 8.76. The Morgan fingerprint density at radius 3 is 2.19 bits per heavy atom. The molecule has 0 aliphatic carbocycles. The number of halogens is 3. The van der Waals surface area contributed by atoms with Gasteiger partial charge in [0.05, 0.1) is 5.69 Å². The maximum absolute atomic E-state index is 13.2. The van der Waals surface area contributed by atoms with Crippen molar-refractivity contribution in [1.29, 1.82) is 0 Å². The lowest BCUT2D eigenvalue weighted by Crippen LogP contribution is -2.35. The molecule has 1 rings (SSSR count). The Hall–Kier alpha value is -2.08. The number of hydrogen-bond donors (Lipinski definition) is 1. The molecular weight excluding hydrogens is 353 g/mol. The van der Waals surface area contributed by atoms with Gasteiger partial charge in [-0.1, -0.05) is 26.8 Å². The highest BCUT2D eigenvalue weighted by molar-refractivity contribution is 5.54. The first-order valence-corrected chi connectivity index (χ1v) is 9.15. The first-order valence-electron chi connectivity index (χ1n) is 9.15. The molecule has 0 amide bonds. The average Bonchev–Trinajstić information content (AvgIpc) is 2.64. The summed E-state index contributed by atoms with van der Waals surface area (Å²) in [5.41, 5.74) is 0.702. The van der Waals surface area contributed by atoms with E-state index in [1.807, 2.05) is 13.8 Å². The van der Waals surface area contributed by atoms with E-state index in [2.05, 4.69) is 11.8 Å². The van der Waals surface area contributed by atoms with Gasteiger partial charge in [0.1, 0.15) is 11.4 Å². The lowest BCUT2D eigenvalue weighted by Gasteiger charge is -2.27. The predicted octanol–water partition coefficient (Wildman–Crippen LogP) is 6.06. The van der Waals surface area contributed by atoms with Gasteiger partial charge in [-0.3, -0.25) is 0 Å². The molecular formula is C21H29F3N2O. The fourth-order valence-corrected chi connectivity index (χ4v) is 3.02. The maximum Gasteiger partial charge on any atom is 0.270 e. The summed E-state index contributed by atoms with van der Waals surface area (Å²) in [4.78, 5) is 0. The summed E-state index contributed by atoms with van der Waals surface area (Å²) in [6, 6.07) is 5.92. The van der Waals surface area contributed by atoms with E-state index >= 15 is 0 Å². The second-order valence-corrected chi connectivity index (χ2v) is 6.42. The zero-order valence-corrected chi connectivity index (χ0v) is 16.5. The monoisotopic (exact) mass is 382 g/mol. The van der Waals surface area contributed by atoms with Crippen LogP contribution in [0.2, 0.25) is 0 Å². The van der Waals surface area contributed by atoms with Gasteiger partial charge in [-0.2, -0.15) is 5.10 Å². The first-order chi connectivity index (χ1) is 12.7. The van der Waals surface area contributed by atoms with Gasteiger partial charge in [0.2, 0.25) is 0 Å². The molecule has 1 atom stereocenters.